The van der Waals surface area contributed by atoms with Crippen LogP contribution in [0.15, 0.2) is 77.7 Å². The molecule has 32 heavy (non-hydrogen) atoms. The molecular weight excluding hydrogens is 420 g/mol. The second kappa shape index (κ2) is 10.0. The molecule has 5 nitrogen and oxygen atoms in total. The van der Waals surface area contributed by atoms with E-state index in [1.165, 1.54) is 4.31 Å². The van der Waals surface area contributed by atoms with Crippen molar-refractivity contribution in [3.63, 3.8) is 0 Å². The molecule has 3 aromatic rings. The predicted molar refractivity (Wildman–Crippen MR) is 129 cm³/mol. The van der Waals surface area contributed by atoms with Crippen molar-refractivity contribution in [1.82, 2.24) is 5.32 Å². The fourth-order valence-corrected chi connectivity index (χ4v) is 5.08. The zero-order chi connectivity index (χ0) is 23.3. The van der Waals surface area contributed by atoms with Crippen LogP contribution in [0.2, 0.25) is 0 Å². The van der Waals surface area contributed by atoms with Gasteiger partial charge in [-0.1, -0.05) is 67.1 Å². The first-order valence-corrected chi connectivity index (χ1v) is 12.2. The fourth-order valence-electron chi connectivity index (χ4n) is 3.60. The Bertz CT molecular complexity index is 1170. The summed E-state index contributed by atoms with van der Waals surface area (Å²) in [6, 6.07) is 21.8. The number of hydrogen-bond acceptors (Lipinski definition) is 3. The van der Waals surface area contributed by atoms with Gasteiger partial charge in [0.2, 0.25) is 5.91 Å². The molecule has 1 amide bonds. The Morgan fingerprint density at radius 2 is 1.53 bits per heavy atom. The van der Waals surface area contributed by atoms with Gasteiger partial charge in [0.05, 0.1) is 16.6 Å². The molecule has 1 N–H and O–H groups in total. The van der Waals surface area contributed by atoms with Crippen LogP contribution in [0.4, 0.5) is 5.69 Å². The van der Waals surface area contributed by atoms with Gasteiger partial charge in [0.15, 0.2) is 0 Å². The lowest BCUT2D eigenvalue weighted by Crippen LogP contribution is -2.42. The van der Waals surface area contributed by atoms with E-state index in [0.29, 0.717) is 12.1 Å². The average Bonchev–Trinajstić information content (AvgIpc) is 2.78. The number of aryl methyl sites for hydroxylation is 3. The van der Waals surface area contributed by atoms with Crippen LogP contribution in [-0.2, 0) is 14.8 Å². The summed E-state index contributed by atoms with van der Waals surface area (Å²) in [7, 11) is -3.94. The summed E-state index contributed by atoms with van der Waals surface area (Å²) in [6.45, 7) is 7.35. The Hall–Kier alpha value is -3.12. The number of nitrogens with one attached hydrogen (secondary N) is 1. The smallest absolute Gasteiger partial charge is 0.264 e. The number of anilines is 1. The van der Waals surface area contributed by atoms with E-state index >= 15 is 0 Å². The van der Waals surface area contributed by atoms with Gasteiger partial charge in [-0.3, -0.25) is 9.10 Å². The third-order valence-electron chi connectivity index (χ3n) is 5.47. The van der Waals surface area contributed by atoms with Gasteiger partial charge in [-0.15, -0.1) is 0 Å². The number of benzene rings is 3. The standard InChI is InChI=1S/C26H30N2O3S/c1-5-24(22-9-7-6-8-10-22)27-26(29)18-28(25-17-20(3)11-14-21(25)4)32(30,31)23-15-12-19(2)13-16-23/h6-17,24H,5,18H2,1-4H3,(H,27,29). The van der Waals surface area contributed by atoms with Gasteiger partial charge in [0.1, 0.15) is 6.54 Å². The average molecular weight is 451 g/mol. The van der Waals surface area contributed by atoms with Crippen LogP contribution in [-0.4, -0.2) is 20.9 Å². The highest BCUT2D eigenvalue weighted by atomic mass is 32.2. The highest BCUT2D eigenvalue weighted by Gasteiger charge is 2.29. The van der Waals surface area contributed by atoms with E-state index in [2.05, 4.69) is 5.32 Å². The lowest BCUT2D eigenvalue weighted by atomic mass is 10.0. The summed E-state index contributed by atoms with van der Waals surface area (Å²) in [5.74, 6) is -0.350. The molecule has 168 valence electrons. The van der Waals surface area contributed by atoms with Crippen LogP contribution in [0.5, 0.6) is 0 Å². The van der Waals surface area contributed by atoms with E-state index in [1.54, 1.807) is 24.3 Å². The van der Waals surface area contributed by atoms with Gasteiger partial charge in [0, 0.05) is 0 Å². The van der Waals surface area contributed by atoms with E-state index in [4.69, 9.17) is 0 Å². The Morgan fingerprint density at radius 3 is 2.16 bits per heavy atom. The molecule has 1 atom stereocenters. The molecule has 3 aromatic carbocycles. The largest absolute Gasteiger partial charge is 0.348 e. The molecule has 0 saturated carbocycles. The third kappa shape index (κ3) is 5.37. The van der Waals surface area contributed by atoms with Gasteiger partial charge in [-0.2, -0.15) is 0 Å². The van der Waals surface area contributed by atoms with Gasteiger partial charge < -0.3 is 5.32 Å². The van der Waals surface area contributed by atoms with E-state index < -0.39 is 10.0 Å². The van der Waals surface area contributed by atoms with Crippen LogP contribution < -0.4 is 9.62 Å². The Kier molecular flexibility index (Phi) is 7.36. The molecule has 0 aliphatic rings. The summed E-state index contributed by atoms with van der Waals surface area (Å²) < 4.78 is 28.4. The van der Waals surface area contributed by atoms with Gasteiger partial charge in [-0.05, 0) is 62.1 Å². The molecule has 0 aliphatic heterocycles. The predicted octanol–water partition coefficient (Wildman–Crippen LogP) is 5.07. The first-order valence-electron chi connectivity index (χ1n) is 10.7. The van der Waals surface area contributed by atoms with Crippen molar-refractivity contribution in [1.29, 1.82) is 0 Å². The van der Waals surface area contributed by atoms with E-state index in [0.717, 1.165) is 22.3 Å². The van der Waals surface area contributed by atoms with Gasteiger partial charge >= 0.3 is 0 Å². The van der Waals surface area contributed by atoms with E-state index in [9.17, 15) is 13.2 Å². The van der Waals surface area contributed by atoms with Gasteiger partial charge in [0.25, 0.3) is 10.0 Å². The van der Waals surface area contributed by atoms with Crippen LogP contribution in [0.25, 0.3) is 0 Å². The topological polar surface area (TPSA) is 66.5 Å². The lowest BCUT2D eigenvalue weighted by molar-refractivity contribution is -0.120. The van der Waals surface area contributed by atoms with Crippen LogP contribution in [0.1, 0.15) is 41.6 Å². The molecular formula is C26H30N2O3S. The molecule has 0 fully saturated rings. The minimum atomic E-state index is -3.94. The molecule has 3 rings (SSSR count). The maximum atomic E-state index is 13.6. The number of carbonyl (C=O) groups is 1. The molecule has 0 spiro atoms. The number of amides is 1. The Labute approximate surface area is 191 Å². The fraction of sp³-hybridized carbons (Fsp3) is 0.269. The van der Waals surface area contributed by atoms with Gasteiger partial charge in [-0.25, -0.2) is 8.42 Å². The number of carbonyl (C=O) groups excluding carboxylic acids is 1. The first kappa shape index (κ1) is 23.5. The van der Waals surface area contributed by atoms with Crippen molar-refractivity contribution in [3.05, 3.63) is 95.1 Å². The molecule has 0 heterocycles. The molecule has 0 saturated heterocycles. The van der Waals surface area contributed by atoms with Crippen LogP contribution in [0, 0.1) is 20.8 Å². The molecule has 0 aliphatic carbocycles. The van der Waals surface area contributed by atoms with E-state index in [1.807, 2.05) is 76.2 Å². The molecule has 0 aromatic heterocycles. The quantitative estimate of drug-likeness (QED) is 0.521. The molecule has 1 unspecified atom stereocenters. The SMILES string of the molecule is CCC(NC(=O)CN(c1cc(C)ccc1C)S(=O)(=O)c1ccc(C)cc1)c1ccccc1. The van der Waals surface area contributed by atoms with Crippen LogP contribution in [0.3, 0.4) is 0 Å². The van der Waals surface area contributed by atoms with Crippen molar-refractivity contribution in [3.8, 4) is 0 Å². The minimum Gasteiger partial charge on any atom is -0.348 e. The Balaban J connectivity index is 1.96. The Morgan fingerprint density at radius 1 is 0.906 bits per heavy atom. The number of sulfonamides is 1. The minimum absolute atomic E-state index is 0.159. The molecule has 0 bridgehead atoms. The maximum Gasteiger partial charge on any atom is 0.264 e. The monoisotopic (exact) mass is 450 g/mol. The molecule has 0 radical (unpaired) electrons. The number of nitrogens with zero attached hydrogens (tertiary/aromatic N) is 1. The van der Waals surface area contributed by atoms with Crippen molar-refractivity contribution < 1.29 is 13.2 Å². The normalized spacial score (nSPS) is 12.2. The van der Waals surface area contributed by atoms with Crippen molar-refractivity contribution in [2.75, 3.05) is 10.8 Å². The lowest BCUT2D eigenvalue weighted by Gasteiger charge is -2.27. The third-order valence-corrected chi connectivity index (χ3v) is 7.25. The van der Waals surface area contributed by atoms with Crippen molar-refractivity contribution >= 4 is 21.6 Å². The summed E-state index contributed by atoms with van der Waals surface area (Å²) in [6.07, 6.45) is 0.698. The zero-order valence-corrected chi connectivity index (χ0v) is 19.8. The first-order chi connectivity index (χ1) is 15.2. The summed E-state index contributed by atoms with van der Waals surface area (Å²) >= 11 is 0. The number of rotatable bonds is 8. The highest BCUT2D eigenvalue weighted by Crippen LogP contribution is 2.28. The van der Waals surface area contributed by atoms with Crippen LogP contribution >= 0.6 is 0 Å². The van der Waals surface area contributed by atoms with E-state index in [-0.39, 0.29) is 23.4 Å². The van der Waals surface area contributed by atoms with Crippen molar-refractivity contribution in [2.24, 2.45) is 0 Å². The maximum absolute atomic E-state index is 13.6. The number of hydrogen-bond donors (Lipinski definition) is 1. The summed E-state index contributed by atoms with van der Waals surface area (Å²) in [5.41, 5.74) is 4.17. The second-order valence-corrected chi connectivity index (χ2v) is 9.92. The summed E-state index contributed by atoms with van der Waals surface area (Å²) in [5, 5.41) is 3.00. The summed E-state index contributed by atoms with van der Waals surface area (Å²) in [4.78, 5) is 13.2. The zero-order valence-electron chi connectivity index (χ0n) is 19.0. The molecule has 6 heteroatoms. The van der Waals surface area contributed by atoms with Crippen molar-refractivity contribution in [2.45, 2.75) is 45.1 Å². The highest BCUT2D eigenvalue weighted by molar-refractivity contribution is 7.92. The second-order valence-electron chi connectivity index (χ2n) is 8.05.